The number of nitrogens with two attached hydrogens (primary N) is 1. The van der Waals surface area contributed by atoms with Crippen LogP contribution in [0.4, 0.5) is 17.6 Å². The average molecular weight is 404 g/mol. The monoisotopic (exact) mass is 403 g/mol. The van der Waals surface area contributed by atoms with E-state index in [9.17, 15) is 4.79 Å². The molecule has 3 aromatic rings. The lowest BCUT2D eigenvalue weighted by Crippen LogP contribution is -2.12. The molecule has 2 aromatic carbocycles. The van der Waals surface area contributed by atoms with Crippen LogP contribution < -0.4 is 11.1 Å². The molecule has 0 unspecified atom stereocenters. The van der Waals surface area contributed by atoms with E-state index >= 15 is 0 Å². The van der Waals surface area contributed by atoms with Crippen LogP contribution in [0.25, 0.3) is 0 Å². The summed E-state index contributed by atoms with van der Waals surface area (Å²) < 4.78 is 5.21. The normalized spacial score (nSPS) is 10.4. The van der Waals surface area contributed by atoms with Gasteiger partial charge in [0.2, 0.25) is 11.9 Å². The van der Waals surface area contributed by atoms with E-state index in [0.717, 1.165) is 5.69 Å². The van der Waals surface area contributed by atoms with Crippen molar-refractivity contribution in [3.8, 4) is 0 Å². The van der Waals surface area contributed by atoms with Gasteiger partial charge in [0, 0.05) is 15.7 Å². The lowest BCUT2D eigenvalue weighted by molar-refractivity contribution is -0.144. The summed E-state index contributed by atoms with van der Waals surface area (Å²) in [5, 5.41) is 3.91. The van der Waals surface area contributed by atoms with Crippen LogP contribution >= 0.6 is 23.2 Å². The molecule has 138 valence electrons. The second kappa shape index (κ2) is 8.66. The number of anilines is 3. The molecule has 3 rings (SSSR count). The van der Waals surface area contributed by atoms with Crippen molar-refractivity contribution in [2.75, 3.05) is 11.1 Å². The van der Waals surface area contributed by atoms with Crippen LogP contribution in [0.1, 0.15) is 11.4 Å². The number of nitrogen functional groups attached to an aromatic ring is 1. The Bertz CT molecular complexity index is 954. The van der Waals surface area contributed by atoms with Crippen LogP contribution in [-0.2, 0) is 22.6 Å². The number of ether oxygens (including phenoxy) is 1. The largest absolute Gasteiger partial charge is 0.457 e. The van der Waals surface area contributed by atoms with E-state index in [2.05, 4.69) is 20.3 Å². The van der Waals surface area contributed by atoms with E-state index < -0.39 is 5.97 Å². The van der Waals surface area contributed by atoms with Gasteiger partial charge in [0.05, 0.1) is 6.42 Å². The molecule has 0 aliphatic rings. The Labute approximate surface area is 165 Å². The molecule has 9 heteroatoms. The standard InChI is InChI=1S/C18H15Cl2N5O2/c19-12-7-6-11(14(20)9-12)8-16(26)27-10-15-23-17(21)25-18(24-15)22-13-4-2-1-3-5-13/h1-7,9H,8,10H2,(H3,21,22,23,24,25). The van der Waals surface area contributed by atoms with Crippen LogP contribution in [-0.4, -0.2) is 20.9 Å². The first-order chi connectivity index (χ1) is 13.0. The fourth-order valence-corrected chi connectivity index (χ4v) is 2.70. The number of benzene rings is 2. The number of aromatic nitrogens is 3. The van der Waals surface area contributed by atoms with Crippen molar-refractivity contribution >= 4 is 46.8 Å². The lowest BCUT2D eigenvalue weighted by atomic mass is 10.1. The Balaban J connectivity index is 1.62. The summed E-state index contributed by atoms with van der Waals surface area (Å²) in [5.41, 5.74) is 7.12. The first-order valence-electron chi connectivity index (χ1n) is 7.91. The maximum absolute atomic E-state index is 12.1. The maximum Gasteiger partial charge on any atom is 0.310 e. The molecule has 0 fully saturated rings. The Kier molecular flexibility index (Phi) is 6.05. The SMILES string of the molecule is Nc1nc(COC(=O)Cc2ccc(Cl)cc2Cl)nc(Nc2ccccc2)n1. The van der Waals surface area contributed by atoms with E-state index in [4.69, 9.17) is 33.7 Å². The maximum atomic E-state index is 12.1. The van der Waals surface area contributed by atoms with E-state index in [1.807, 2.05) is 30.3 Å². The number of halogens is 2. The molecule has 0 bridgehead atoms. The zero-order valence-electron chi connectivity index (χ0n) is 14.0. The van der Waals surface area contributed by atoms with Crippen molar-refractivity contribution in [3.63, 3.8) is 0 Å². The van der Waals surface area contributed by atoms with Crippen molar-refractivity contribution in [2.24, 2.45) is 0 Å². The molecule has 1 heterocycles. The first kappa shape index (κ1) is 18.9. The van der Waals surface area contributed by atoms with Crippen LogP contribution in [0, 0.1) is 0 Å². The summed E-state index contributed by atoms with van der Waals surface area (Å²) in [6.45, 7) is -0.139. The van der Waals surface area contributed by atoms with Gasteiger partial charge in [0.15, 0.2) is 12.4 Å². The molecule has 0 radical (unpaired) electrons. The second-order valence-corrected chi connectivity index (χ2v) is 6.34. The molecule has 0 aliphatic carbocycles. The molecule has 1 aromatic heterocycles. The third kappa shape index (κ3) is 5.54. The zero-order chi connectivity index (χ0) is 19.2. The van der Waals surface area contributed by atoms with Gasteiger partial charge in [-0.25, -0.2) is 0 Å². The third-order valence-corrected chi connectivity index (χ3v) is 4.03. The Morgan fingerprint density at radius 3 is 2.59 bits per heavy atom. The predicted molar refractivity (Wildman–Crippen MR) is 104 cm³/mol. The van der Waals surface area contributed by atoms with Gasteiger partial charge in [-0.3, -0.25) is 4.79 Å². The van der Waals surface area contributed by atoms with Gasteiger partial charge in [-0.05, 0) is 29.8 Å². The average Bonchev–Trinajstić information content (AvgIpc) is 2.63. The number of hydrogen-bond acceptors (Lipinski definition) is 7. The van der Waals surface area contributed by atoms with Gasteiger partial charge in [-0.2, -0.15) is 15.0 Å². The topological polar surface area (TPSA) is 103 Å². The number of esters is 1. The molecule has 7 nitrogen and oxygen atoms in total. The Hall–Kier alpha value is -2.90. The minimum atomic E-state index is -0.476. The van der Waals surface area contributed by atoms with Crippen molar-refractivity contribution in [1.29, 1.82) is 0 Å². The summed E-state index contributed by atoms with van der Waals surface area (Å²) >= 11 is 11.9. The minimum absolute atomic E-state index is 0.00565. The van der Waals surface area contributed by atoms with Crippen molar-refractivity contribution in [1.82, 2.24) is 15.0 Å². The fraction of sp³-hybridized carbons (Fsp3) is 0.111. The highest BCUT2D eigenvalue weighted by Gasteiger charge is 2.11. The molecular formula is C18H15Cl2N5O2. The highest BCUT2D eigenvalue weighted by molar-refractivity contribution is 6.35. The van der Waals surface area contributed by atoms with Gasteiger partial charge >= 0.3 is 5.97 Å². The molecule has 0 saturated heterocycles. The second-order valence-electron chi connectivity index (χ2n) is 5.50. The molecular weight excluding hydrogens is 389 g/mol. The fourth-order valence-electron chi connectivity index (χ4n) is 2.23. The summed E-state index contributed by atoms with van der Waals surface area (Å²) in [4.78, 5) is 24.3. The molecule has 0 saturated carbocycles. The number of carbonyl (C=O) groups is 1. The van der Waals surface area contributed by atoms with E-state index in [1.165, 1.54) is 0 Å². The lowest BCUT2D eigenvalue weighted by Gasteiger charge is -2.08. The van der Waals surface area contributed by atoms with E-state index in [0.29, 0.717) is 15.6 Å². The summed E-state index contributed by atoms with van der Waals surface area (Å²) in [6.07, 6.45) is 0.00565. The number of rotatable bonds is 6. The molecule has 3 N–H and O–H groups in total. The van der Waals surface area contributed by atoms with Crippen molar-refractivity contribution in [3.05, 3.63) is 70.0 Å². The van der Waals surface area contributed by atoms with Crippen LogP contribution in [0.2, 0.25) is 10.0 Å². The molecule has 27 heavy (non-hydrogen) atoms. The van der Waals surface area contributed by atoms with Gasteiger partial charge in [0.1, 0.15) is 0 Å². The highest BCUT2D eigenvalue weighted by Crippen LogP contribution is 2.21. The third-order valence-electron chi connectivity index (χ3n) is 3.44. The number of nitrogens with zero attached hydrogens (tertiary/aromatic N) is 3. The number of hydrogen-bond donors (Lipinski definition) is 2. The van der Waals surface area contributed by atoms with Crippen molar-refractivity contribution < 1.29 is 9.53 Å². The molecule has 0 aliphatic heterocycles. The first-order valence-corrected chi connectivity index (χ1v) is 8.67. The van der Waals surface area contributed by atoms with Crippen LogP contribution in [0.3, 0.4) is 0 Å². The number of nitrogens with one attached hydrogen (secondary N) is 1. The number of para-hydroxylation sites is 1. The summed E-state index contributed by atoms with van der Waals surface area (Å²) in [6, 6.07) is 14.3. The smallest absolute Gasteiger partial charge is 0.310 e. The highest BCUT2D eigenvalue weighted by atomic mass is 35.5. The molecule has 0 atom stereocenters. The van der Waals surface area contributed by atoms with Gasteiger partial charge in [-0.1, -0.05) is 47.5 Å². The van der Waals surface area contributed by atoms with Gasteiger partial charge < -0.3 is 15.8 Å². The molecule has 0 amide bonds. The van der Waals surface area contributed by atoms with E-state index in [1.54, 1.807) is 18.2 Å². The summed E-state index contributed by atoms with van der Waals surface area (Å²) in [5.74, 6) is 0.0444. The predicted octanol–water partition coefficient (Wildman–Crippen LogP) is 3.79. The Morgan fingerprint density at radius 2 is 1.85 bits per heavy atom. The van der Waals surface area contributed by atoms with Crippen molar-refractivity contribution in [2.45, 2.75) is 13.0 Å². The Morgan fingerprint density at radius 1 is 1.07 bits per heavy atom. The van der Waals surface area contributed by atoms with Gasteiger partial charge in [-0.15, -0.1) is 0 Å². The quantitative estimate of drug-likeness (QED) is 0.603. The summed E-state index contributed by atoms with van der Waals surface area (Å²) in [7, 11) is 0. The molecule has 0 spiro atoms. The van der Waals surface area contributed by atoms with Crippen LogP contribution in [0.15, 0.2) is 48.5 Å². The van der Waals surface area contributed by atoms with E-state index in [-0.39, 0.29) is 30.7 Å². The van der Waals surface area contributed by atoms with Crippen LogP contribution in [0.5, 0.6) is 0 Å². The zero-order valence-corrected chi connectivity index (χ0v) is 15.5. The minimum Gasteiger partial charge on any atom is -0.457 e. The van der Waals surface area contributed by atoms with Gasteiger partial charge in [0.25, 0.3) is 0 Å². The number of carbonyl (C=O) groups excluding carboxylic acids is 1.